The van der Waals surface area contributed by atoms with Crippen LogP contribution in [0.25, 0.3) is 0 Å². The number of halogens is 1. The number of carboxylic acid groups (broad SMARTS) is 1. The van der Waals surface area contributed by atoms with E-state index in [1.807, 2.05) is 0 Å². The Labute approximate surface area is 124 Å². The van der Waals surface area contributed by atoms with Crippen molar-refractivity contribution in [1.29, 1.82) is 0 Å². The van der Waals surface area contributed by atoms with E-state index in [1.165, 1.54) is 6.07 Å². The third-order valence-corrected chi connectivity index (χ3v) is 4.80. The van der Waals surface area contributed by atoms with Gasteiger partial charge < -0.3 is 15.3 Å². The smallest absolute Gasteiger partial charge is 0.336 e. The molecule has 9 heteroatoms. The third kappa shape index (κ3) is 4.00. The molecule has 0 fully saturated rings. The van der Waals surface area contributed by atoms with Crippen LogP contribution in [0.5, 0.6) is 0 Å². The zero-order valence-corrected chi connectivity index (χ0v) is 12.9. The predicted molar refractivity (Wildman–Crippen MR) is 74.1 cm³/mol. The van der Waals surface area contributed by atoms with Gasteiger partial charge in [0.1, 0.15) is 0 Å². The molecule has 20 heavy (non-hydrogen) atoms. The summed E-state index contributed by atoms with van der Waals surface area (Å²) in [5.41, 5.74) is 0.272. The number of hydrogen-bond acceptors (Lipinski definition) is 5. The molecule has 0 saturated carbocycles. The van der Waals surface area contributed by atoms with Crippen molar-refractivity contribution >= 4 is 31.9 Å². The third-order valence-electron chi connectivity index (χ3n) is 2.58. The maximum Gasteiger partial charge on any atom is 0.336 e. The summed E-state index contributed by atoms with van der Waals surface area (Å²) in [5, 5.41) is 26.8. The van der Waals surface area contributed by atoms with Crippen molar-refractivity contribution in [1.82, 2.24) is 4.72 Å². The molecule has 0 aliphatic heterocycles. The molecule has 0 bridgehead atoms. The van der Waals surface area contributed by atoms with E-state index in [9.17, 15) is 13.2 Å². The van der Waals surface area contributed by atoms with Crippen molar-refractivity contribution in [2.24, 2.45) is 0 Å². The Hall–Kier alpha value is -1.00. The maximum atomic E-state index is 12.0. The van der Waals surface area contributed by atoms with Crippen LogP contribution in [0.1, 0.15) is 15.9 Å². The Balaban J connectivity index is 3.16. The van der Waals surface area contributed by atoms with Crippen molar-refractivity contribution in [2.75, 3.05) is 13.2 Å². The number of aliphatic hydroxyl groups is 2. The van der Waals surface area contributed by atoms with Crippen LogP contribution in [0.15, 0.2) is 21.5 Å². The molecule has 4 N–H and O–H groups in total. The van der Waals surface area contributed by atoms with Crippen LogP contribution in [0.4, 0.5) is 0 Å². The summed E-state index contributed by atoms with van der Waals surface area (Å²) in [4.78, 5) is 10.8. The molecule has 0 spiro atoms. The van der Waals surface area contributed by atoms with Gasteiger partial charge in [0, 0.05) is 11.0 Å². The molecular weight excluding hydrogens is 354 g/mol. The first-order chi connectivity index (χ1) is 9.19. The number of benzene rings is 1. The lowest BCUT2D eigenvalue weighted by Crippen LogP contribution is -2.34. The first kappa shape index (κ1) is 17.1. The highest BCUT2D eigenvalue weighted by Crippen LogP contribution is 2.24. The Morgan fingerprint density at radius 1 is 1.45 bits per heavy atom. The van der Waals surface area contributed by atoms with Crippen LogP contribution >= 0.6 is 15.9 Å². The summed E-state index contributed by atoms with van der Waals surface area (Å²) in [6.45, 7) is 0.597. The van der Waals surface area contributed by atoms with Gasteiger partial charge in [0.25, 0.3) is 0 Å². The minimum Gasteiger partial charge on any atom is -0.478 e. The molecule has 0 radical (unpaired) electrons. The second-order valence-corrected chi connectivity index (χ2v) is 6.69. The number of rotatable bonds is 6. The average Bonchev–Trinajstić information content (AvgIpc) is 2.38. The number of carboxylic acids is 1. The summed E-state index contributed by atoms with van der Waals surface area (Å²) < 4.78 is 26.4. The molecule has 0 heterocycles. The zero-order valence-electron chi connectivity index (χ0n) is 10.5. The van der Waals surface area contributed by atoms with Gasteiger partial charge in [0.15, 0.2) is 0 Å². The van der Waals surface area contributed by atoms with Gasteiger partial charge in [-0.3, -0.25) is 0 Å². The molecule has 0 aromatic heterocycles. The highest BCUT2D eigenvalue weighted by Gasteiger charge is 2.20. The van der Waals surface area contributed by atoms with Crippen LogP contribution < -0.4 is 4.72 Å². The number of aliphatic hydroxyl groups excluding tert-OH is 2. The zero-order chi connectivity index (χ0) is 15.5. The van der Waals surface area contributed by atoms with Crippen LogP contribution in [-0.4, -0.2) is 49.0 Å². The normalized spacial score (nSPS) is 13.2. The lowest BCUT2D eigenvalue weighted by molar-refractivity contribution is 0.0695. The molecule has 1 unspecified atom stereocenters. The van der Waals surface area contributed by atoms with E-state index < -0.39 is 28.7 Å². The van der Waals surface area contributed by atoms with Gasteiger partial charge in [-0.15, -0.1) is 0 Å². The van der Waals surface area contributed by atoms with Crippen molar-refractivity contribution in [3.05, 3.63) is 27.7 Å². The van der Waals surface area contributed by atoms with E-state index in [0.29, 0.717) is 10.0 Å². The second-order valence-electron chi connectivity index (χ2n) is 4.07. The second kappa shape index (κ2) is 6.64. The van der Waals surface area contributed by atoms with Crippen LogP contribution in [0.2, 0.25) is 0 Å². The molecule has 112 valence electrons. The fourth-order valence-corrected chi connectivity index (χ4v) is 3.12. The summed E-state index contributed by atoms with van der Waals surface area (Å²) in [5.74, 6) is -1.24. The van der Waals surface area contributed by atoms with E-state index >= 15 is 0 Å². The molecule has 0 saturated heterocycles. The molecule has 1 rings (SSSR count). The van der Waals surface area contributed by atoms with Gasteiger partial charge in [-0.05, 0) is 24.6 Å². The summed E-state index contributed by atoms with van der Waals surface area (Å²) in [6.07, 6.45) is -1.22. The number of nitrogens with one attached hydrogen (secondary N) is 1. The Morgan fingerprint density at radius 3 is 2.55 bits per heavy atom. The fourth-order valence-electron chi connectivity index (χ4n) is 1.39. The lowest BCUT2D eigenvalue weighted by Gasteiger charge is -2.12. The number of hydrogen-bond donors (Lipinski definition) is 4. The van der Waals surface area contributed by atoms with Crippen molar-refractivity contribution in [2.45, 2.75) is 17.9 Å². The van der Waals surface area contributed by atoms with Crippen LogP contribution in [-0.2, 0) is 10.0 Å². The molecular formula is C11H14BrNO6S. The molecule has 1 atom stereocenters. The van der Waals surface area contributed by atoms with Crippen molar-refractivity contribution in [3.63, 3.8) is 0 Å². The van der Waals surface area contributed by atoms with Crippen molar-refractivity contribution in [3.8, 4) is 0 Å². The highest BCUT2D eigenvalue weighted by atomic mass is 79.9. The summed E-state index contributed by atoms with van der Waals surface area (Å²) in [7, 11) is -3.98. The number of aromatic carboxylic acids is 1. The van der Waals surface area contributed by atoms with Crippen LogP contribution in [0.3, 0.4) is 0 Å². The lowest BCUT2D eigenvalue weighted by atomic mass is 10.1. The minimum atomic E-state index is -3.98. The Morgan fingerprint density at radius 2 is 2.05 bits per heavy atom. The molecule has 7 nitrogen and oxygen atoms in total. The molecule has 0 amide bonds. The maximum absolute atomic E-state index is 12.0. The van der Waals surface area contributed by atoms with Gasteiger partial charge >= 0.3 is 5.97 Å². The highest BCUT2D eigenvalue weighted by molar-refractivity contribution is 9.10. The summed E-state index contributed by atoms with van der Waals surface area (Å²) in [6, 6.07) is 2.31. The number of sulfonamides is 1. The predicted octanol–water partition coefficient (Wildman–Crippen LogP) is 0.0872. The SMILES string of the molecule is Cc1c(Br)cc(S(=O)(=O)NCC(O)CO)cc1C(=O)O. The topological polar surface area (TPSA) is 124 Å². The number of carbonyl (C=O) groups is 1. The molecule has 1 aromatic rings. The van der Waals surface area contributed by atoms with Crippen molar-refractivity contribution < 1.29 is 28.5 Å². The van der Waals surface area contributed by atoms with E-state index in [-0.39, 0.29) is 17.0 Å². The first-order valence-electron chi connectivity index (χ1n) is 5.51. The van der Waals surface area contributed by atoms with Gasteiger partial charge in [0.2, 0.25) is 10.0 Å². The monoisotopic (exact) mass is 367 g/mol. The molecule has 1 aromatic carbocycles. The van der Waals surface area contributed by atoms with Gasteiger partial charge in [0.05, 0.1) is 23.2 Å². The largest absolute Gasteiger partial charge is 0.478 e. The fraction of sp³-hybridized carbons (Fsp3) is 0.364. The van der Waals surface area contributed by atoms with E-state index in [2.05, 4.69) is 20.7 Å². The van der Waals surface area contributed by atoms with E-state index in [0.717, 1.165) is 6.07 Å². The summed E-state index contributed by atoms with van der Waals surface area (Å²) >= 11 is 3.11. The molecule has 0 aliphatic rings. The Kier molecular flexibility index (Phi) is 5.66. The Bertz CT molecular complexity index is 616. The van der Waals surface area contributed by atoms with Crippen LogP contribution in [0, 0.1) is 6.92 Å². The quantitative estimate of drug-likeness (QED) is 0.564. The van der Waals surface area contributed by atoms with Gasteiger partial charge in [-0.25, -0.2) is 17.9 Å². The van der Waals surface area contributed by atoms with Gasteiger partial charge in [-0.2, -0.15) is 0 Å². The minimum absolute atomic E-state index is 0.137. The molecule has 0 aliphatic carbocycles. The average molecular weight is 368 g/mol. The first-order valence-corrected chi connectivity index (χ1v) is 7.78. The van der Waals surface area contributed by atoms with Gasteiger partial charge in [-0.1, -0.05) is 15.9 Å². The van der Waals surface area contributed by atoms with E-state index in [4.69, 9.17) is 15.3 Å². The standard InChI is InChI=1S/C11H14BrNO6S/c1-6-9(11(16)17)2-8(3-10(6)12)20(18,19)13-4-7(15)5-14/h2-3,7,13-15H,4-5H2,1H3,(H,16,17). The van der Waals surface area contributed by atoms with E-state index in [1.54, 1.807) is 6.92 Å².